The quantitative estimate of drug-likeness (QED) is 0.868. The first-order valence-corrected chi connectivity index (χ1v) is 7.47. The molecule has 1 aromatic rings. The van der Waals surface area contributed by atoms with E-state index in [4.69, 9.17) is 11.6 Å². The minimum Gasteiger partial charge on any atom is -0.297 e. The second-order valence-electron chi connectivity index (χ2n) is 5.39. The molecule has 1 atom stereocenters. The van der Waals surface area contributed by atoms with Crippen LogP contribution < -0.4 is 11.2 Å². The van der Waals surface area contributed by atoms with Crippen LogP contribution in [0.1, 0.15) is 57.6 Å². The van der Waals surface area contributed by atoms with Gasteiger partial charge in [-0.05, 0) is 32.1 Å². The summed E-state index contributed by atoms with van der Waals surface area (Å²) in [5, 5.41) is 0.185. The van der Waals surface area contributed by atoms with Crippen molar-refractivity contribution in [3.05, 3.63) is 31.6 Å². The van der Waals surface area contributed by atoms with Crippen LogP contribution in [0.3, 0.4) is 0 Å². The fourth-order valence-electron chi connectivity index (χ4n) is 3.06. The van der Waals surface area contributed by atoms with E-state index in [0.717, 1.165) is 12.8 Å². The number of hydrogen-bond donors (Lipinski definition) is 1. The molecule has 0 saturated heterocycles. The number of nitrogens with one attached hydrogen (secondary N) is 1. The average molecular weight is 285 g/mol. The van der Waals surface area contributed by atoms with Gasteiger partial charge in [0, 0.05) is 6.04 Å². The number of nitrogens with zero attached hydrogens (tertiary/aromatic N) is 1. The third-order valence-corrected chi connectivity index (χ3v) is 4.59. The van der Waals surface area contributed by atoms with Gasteiger partial charge in [0.2, 0.25) is 0 Å². The molecule has 1 aliphatic carbocycles. The van der Waals surface area contributed by atoms with Crippen LogP contribution in [0.25, 0.3) is 0 Å². The van der Waals surface area contributed by atoms with E-state index in [1.54, 1.807) is 0 Å². The van der Waals surface area contributed by atoms with Gasteiger partial charge in [-0.15, -0.1) is 0 Å². The minimum absolute atomic E-state index is 0.0564. The maximum atomic E-state index is 12.4. The normalized spacial score (nSPS) is 18.5. The molecule has 0 aromatic carbocycles. The molecule has 1 N–H and O–H groups in total. The van der Waals surface area contributed by atoms with E-state index in [0.29, 0.717) is 17.9 Å². The number of aromatic amines is 1. The van der Waals surface area contributed by atoms with Gasteiger partial charge in [-0.25, -0.2) is 4.79 Å². The van der Waals surface area contributed by atoms with Crippen molar-refractivity contribution in [1.29, 1.82) is 0 Å². The molecule has 0 spiro atoms. The van der Waals surface area contributed by atoms with Crippen LogP contribution in [0, 0.1) is 5.92 Å². The second kappa shape index (κ2) is 5.95. The van der Waals surface area contributed by atoms with Crippen LogP contribution in [0.2, 0.25) is 5.15 Å². The van der Waals surface area contributed by atoms with Gasteiger partial charge in [0.25, 0.3) is 5.56 Å². The fraction of sp³-hybridized carbons (Fsp3) is 0.714. The summed E-state index contributed by atoms with van der Waals surface area (Å²) in [5.74, 6) is 0.415. The van der Waals surface area contributed by atoms with Crippen LogP contribution in [-0.2, 0) is 6.42 Å². The molecule has 0 bridgehead atoms. The predicted octanol–water partition coefficient (Wildman–Crippen LogP) is 2.89. The largest absolute Gasteiger partial charge is 0.329 e. The molecule has 1 saturated carbocycles. The van der Waals surface area contributed by atoms with Crippen molar-refractivity contribution in [2.45, 2.75) is 58.4 Å². The molecular weight excluding hydrogens is 264 g/mol. The van der Waals surface area contributed by atoms with Crippen molar-refractivity contribution >= 4 is 11.6 Å². The second-order valence-corrected chi connectivity index (χ2v) is 5.77. The van der Waals surface area contributed by atoms with E-state index in [2.05, 4.69) is 4.98 Å². The van der Waals surface area contributed by atoms with Crippen LogP contribution in [-0.4, -0.2) is 9.55 Å². The van der Waals surface area contributed by atoms with Crippen LogP contribution in [0.5, 0.6) is 0 Å². The number of aromatic nitrogens is 2. The summed E-state index contributed by atoms with van der Waals surface area (Å²) < 4.78 is 1.36. The fourth-order valence-corrected chi connectivity index (χ4v) is 3.36. The van der Waals surface area contributed by atoms with Gasteiger partial charge in [-0.3, -0.25) is 14.3 Å². The molecule has 0 aliphatic heterocycles. The summed E-state index contributed by atoms with van der Waals surface area (Å²) in [4.78, 5) is 27.0. The van der Waals surface area contributed by atoms with Crippen molar-refractivity contribution in [2.75, 3.05) is 0 Å². The lowest BCUT2D eigenvalue weighted by Gasteiger charge is -2.28. The summed E-state index contributed by atoms with van der Waals surface area (Å²) in [6.45, 7) is 3.84. The highest BCUT2D eigenvalue weighted by Gasteiger charge is 2.25. The first kappa shape index (κ1) is 14.4. The van der Waals surface area contributed by atoms with Crippen LogP contribution in [0.4, 0.5) is 0 Å². The summed E-state index contributed by atoms with van der Waals surface area (Å²) in [7, 11) is 0. The molecule has 0 radical (unpaired) electrons. The number of H-pyrrole nitrogens is 1. The van der Waals surface area contributed by atoms with E-state index in [-0.39, 0.29) is 22.4 Å². The Balaban J connectivity index is 2.44. The molecule has 4 nitrogen and oxygen atoms in total. The minimum atomic E-state index is -0.384. The average Bonchev–Trinajstić information content (AvgIpc) is 2.39. The Bertz CT molecular complexity index is 556. The van der Waals surface area contributed by atoms with Gasteiger partial charge < -0.3 is 0 Å². The molecule has 1 aliphatic rings. The number of rotatable bonds is 3. The highest BCUT2D eigenvalue weighted by atomic mass is 35.5. The maximum absolute atomic E-state index is 12.4. The summed E-state index contributed by atoms with van der Waals surface area (Å²) >= 11 is 5.93. The van der Waals surface area contributed by atoms with E-state index >= 15 is 0 Å². The number of hydrogen-bond acceptors (Lipinski definition) is 2. The Morgan fingerprint density at radius 1 is 1.32 bits per heavy atom. The van der Waals surface area contributed by atoms with Gasteiger partial charge in [0.05, 0.1) is 5.56 Å². The van der Waals surface area contributed by atoms with E-state index in [1.807, 2.05) is 13.8 Å². The Morgan fingerprint density at radius 2 is 1.95 bits per heavy atom. The molecule has 19 heavy (non-hydrogen) atoms. The summed E-state index contributed by atoms with van der Waals surface area (Å²) in [6.07, 6.45) is 6.36. The third kappa shape index (κ3) is 2.78. The van der Waals surface area contributed by atoms with Crippen molar-refractivity contribution in [3.8, 4) is 0 Å². The van der Waals surface area contributed by atoms with Crippen LogP contribution >= 0.6 is 11.6 Å². The lowest BCUT2D eigenvalue weighted by Crippen LogP contribution is -2.41. The van der Waals surface area contributed by atoms with E-state index in [9.17, 15) is 9.59 Å². The lowest BCUT2D eigenvalue weighted by atomic mass is 9.84. The highest BCUT2D eigenvalue weighted by Crippen LogP contribution is 2.31. The van der Waals surface area contributed by atoms with Gasteiger partial charge in [-0.2, -0.15) is 0 Å². The van der Waals surface area contributed by atoms with Gasteiger partial charge in [-0.1, -0.05) is 37.8 Å². The summed E-state index contributed by atoms with van der Waals surface area (Å²) in [6, 6.07) is -0.0564. The Hall–Kier alpha value is -1.03. The predicted molar refractivity (Wildman–Crippen MR) is 77.0 cm³/mol. The molecule has 1 aromatic heterocycles. The molecule has 2 rings (SSSR count). The van der Waals surface area contributed by atoms with E-state index < -0.39 is 0 Å². The van der Waals surface area contributed by atoms with Gasteiger partial charge in [0.1, 0.15) is 5.15 Å². The third-order valence-electron chi connectivity index (χ3n) is 4.27. The lowest BCUT2D eigenvalue weighted by molar-refractivity contribution is 0.254. The van der Waals surface area contributed by atoms with Gasteiger partial charge >= 0.3 is 5.69 Å². The first-order valence-electron chi connectivity index (χ1n) is 7.09. The van der Waals surface area contributed by atoms with Crippen molar-refractivity contribution in [1.82, 2.24) is 9.55 Å². The Morgan fingerprint density at radius 3 is 2.53 bits per heavy atom. The van der Waals surface area contributed by atoms with E-state index in [1.165, 1.54) is 23.8 Å². The SMILES string of the molecule is CCc1c(Cl)[nH]c(=O)n(C(C)C2CCCCC2)c1=O. The van der Waals surface area contributed by atoms with Crippen molar-refractivity contribution < 1.29 is 0 Å². The monoisotopic (exact) mass is 284 g/mol. The molecule has 0 amide bonds. The van der Waals surface area contributed by atoms with Crippen LogP contribution in [0.15, 0.2) is 9.59 Å². The zero-order valence-corrected chi connectivity index (χ0v) is 12.3. The smallest absolute Gasteiger partial charge is 0.297 e. The highest BCUT2D eigenvalue weighted by molar-refractivity contribution is 6.30. The van der Waals surface area contributed by atoms with Crippen molar-refractivity contribution in [3.63, 3.8) is 0 Å². The summed E-state index contributed by atoms with van der Waals surface area (Å²) in [5.41, 5.74) is -0.108. The first-order chi connectivity index (χ1) is 9.06. The number of halogens is 1. The zero-order chi connectivity index (χ0) is 14.0. The molecule has 1 fully saturated rings. The zero-order valence-electron chi connectivity index (χ0n) is 11.5. The van der Waals surface area contributed by atoms with Crippen molar-refractivity contribution in [2.24, 2.45) is 5.92 Å². The molecule has 106 valence electrons. The molecule has 1 unspecified atom stereocenters. The molecular formula is C14H21ClN2O2. The Labute approximate surface area is 117 Å². The maximum Gasteiger partial charge on any atom is 0.329 e. The molecule has 5 heteroatoms. The standard InChI is InChI=1S/C14H21ClN2O2/c1-3-11-12(15)16-14(19)17(13(11)18)9(2)10-7-5-4-6-8-10/h9-10H,3-8H2,1-2H3,(H,16,19). The topological polar surface area (TPSA) is 54.9 Å². The van der Waals surface area contributed by atoms with Gasteiger partial charge in [0.15, 0.2) is 0 Å². The molecule has 1 heterocycles. The Kier molecular flexibility index (Phi) is 4.50.